The zero-order valence-corrected chi connectivity index (χ0v) is 18.2. The van der Waals surface area contributed by atoms with Gasteiger partial charge in [0, 0.05) is 18.2 Å². The van der Waals surface area contributed by atoms with Crippen molar-refractivity contribution in [3.05, 3.63) is 84.2 Å². The van der Waals surface area contributed by atoms with Crippen molar-refractivity contribution in [3.63, 3.8) is 0 Å². The molecular weight excluding hydrogens is 467 g/mol. The quantitative estimate of drug-likeness (QED) is 0.414. The fourth-order valence-corrected chi connectivity index (χ4v) is 3.60. The van der Waals surface area contributed by atoms with Gasteiger partial charge >= 0.3 is 18.4 Å². The third-order valence-corrected chi connectivity index (χ3v) is 5.22. The number of rotatable bonds is 6. The van der Waals surface area contributed by atoms with Crippen LogP contribution in [0, 0.1) is 0 Å². The molecule has 0 bridgehead atoms. The number of nitrogens with one attached hydrogen (secondary N) is 1. The van der Waals surface area contributed by atoms with E-state index in [1.807, 2.05) is 0 Å². The third kappa shape index (κ3) is 5.24. The highest BCUT2D eigenvalue weighted by Gasteiger charge is 2.49. The van der Waals surface area contributed by atoms with Gasteiger partial charge in [0.25, 0.3) is 5.91 Å². The number of nitrogens with zero attached hydrogens (tertiary/aromatic N) is 2. The molecule has 0 aliphatic carbocycles. The van der Waals surface area contributed by atoms with Gasteiger partial charge < -0.3 is 14.8 Å². The van der Waals surface area contributed by atoms with Gasteiger partial charge in [-0.25, -0.2) is 14.5 Å². The van der Waals surface area contributed by atoms with Crippen LogP contribution < -0.4 is 19.7 Å². The largest absolute Gasteiger partial charge is 0.573 e. The number of imide groups is 1. The van der Waals surface area contributed by atoms with E-state index in [-0.39, 0.29) is 17.9 Å². The fraction of sp³-hybridized carbons (Fsp3) is 0.167. The third-order valence-electron chi connectivity index (χ3n) is 5.22. The van der Waals surface area contributed by atoms with Crippen LogP contribution in [0.4, 0.5) is 23.7 Å². The predicted molar refractivity (Wildman–Crippen MR) is 117 cm³/mol. The Kier molecular flexibility index (Phi) is 6.16. The Morgan fingerprint density at radius 2 is 1.74 bits per heavy atom. The molecule has 3 aromatic rings. The average Bonchev–Trinajstić information content (AvgIpc) is 3.03. The number of alkyl halides is 3. The van der Waals surface area contributed by atoms with E-state index in [1.165, 1.54) is 31.5 Å². The Hall–Kier alpha value is -4.41. The molecule has 1 atom stereocenters. The van der Waals surface area contributed by atoms with Crippen LogP contribution in [0.15, 0.2) is 73.1 Å². The average molecular weight is 485 g/mol. The summed E-state index contributed by atoms with van der Waals surface area (Å²) in [5.41, 5.74) is -0.594. The zero-order valence-electron chi connectivity index (χ0n) is 18.2. The lowest BCUT2D eigenvalue weighted by molar-refractivity contribution is -0.274. The lowest BCUT2D eigenvalue weighted by atomic mass is 9.92. The second kappa shape index (κ2) is 9.09. The van der Waals surface area contributed by atoms with E-state index in [0.717, 1.165) is 17.0 Å². The second-order valence-electron chi connectivity index (χ2n) is 7.86. The van der Waals surface area contributed by atoms with Crippen LogP contribution in [0.3, 0.4) is 0 Å². The first-order valence-corrected chi connectivity index (χ1v) is 10.3. The van der Waals surface area contributed by atoms with Crippen molar-refractivity contribution in [3.8, 4) is 11.5 Å². The van der Waals surface area contributed by atoms with Gasteiger partial charge in [0.1, 0.15) is 11.3 Å². The molecule has 0 spiro atoms. The number of pyridine rings is 1. The van der Waals surface area contributed by atoms with Crippen LogP contribution in [0.1, 0.15) is 22.8 Å². The Morgan fingerprint density at radius 1 is 1.06 bits per heavy atom. The van der Waals surface area contributed by atoms with Gasteiger partial charge in [0.2, 0.25) is 0 Å². The van der Waals surface area contributed by atoms with Gasteiger partial charge in [-0.05, 0) is 49.4 Å². The van der Waals surface area contributed by atoms with E-state index in [9.17, 15) is 27.6 Å². The maximum atomic E-state index is 13.2. The van der Waals surface area contributed by atoms with E-state index in [0.29, 0.717) is 11.1 Å². The van der Waals surface area contributed by atoms with Crippen molar-refractivity contribution in [2.75, 3.05) is 4.90 Å². The summed E-state index contributed by atoms with van der Waals surface area (Å²) in [5, 5.41) is 2.61. The summed E-state index contributed by atoms with van der Waals surface area (Å²) in [4.78, 5) is 43.1. The molecule has 1 aromatic heterocycles. The smallest absolute Gasteiger partial charge is 0.421 e. The molecule has 2 heterocycles. The number of ether oxygens (including phenoxy) is 2. The number of amides is 3. The molecule has 3 amide bonds. The Labute approximate surface area is 197 Å². The maximum Gasteiger partial charge on any atom is 0.573 e. The molecule has 1 unspecified atom stereocenters. The SMILES string of the molecule is CC1(Cc2ccncc2OC(=O)c2ccccc2)NC(=O)N(c2ccc(OC(F)(F)F)cc2)C1=O. The highest BCUT2D eigenvalue weighted by atomic mass is 19.4. The number of carbonyl (C=O) groups excluding carboxylic acids is 3. The van der Waals surface area contributed by atoms with Crippen LogP contribution in [0.5, 0.6) is 11.5 Å². The van der Waals surface area contributed by atoms with Crippen molar-refractivity contribution >= 4 is 23.6 Å². The number of halogens is 3. The van der Waals surface area contributed by atoms with Crippen molar-refractivity contribution in [2.24, 2.45) is 0 Å². The number of aromatic nitrogens is 1. The molecule has 1 fully saturated rings. The molecule has 1 N–H and O–H groups in total. The highest BCUT2D eigenvalue weighted by Crippen LogP contribution is 2.32. The van der Waals surface area contributed by atoms with Crippen LogP contribution in [-0.4, -0.2) is 34.8 Å². The molecular formula is C24H18F3N3O5. The van der Waals surface area contributed by atoms with E-state index < -0.39 is 35.6 Å². The van der Waals surface area contributed by atoms with Crippen molar-refractivity contribution in [1.82, 2.24) is 10.3 Å². The second-order valence-corrected chi connectivity index (χ2v) is 7.86. The van der Waals surface area contributed by atoms with Crippen LogP contribution >= 0.6 is 0 Å². The molecule has 0 saturated carbocycles. The summed E-state index contributed by atoms with van der Waals surface area (Å²) in [7, 11) is 0. The number of carbonyl (C=O) groups is 3. The number of hydrogen-bond acceptors (Lipinski definition) is 6. The van der Waals surface area contributed by atoms with Crippen LogP contribution in [0.2, 0.25) is 0 Å². The molecule has 8 nitrogen and oxygen atoms in total. The summed E-state index contributed by atoms with van der Waals surface area (Å²) in [5.74, 6) is -1.62. The number of benzene rings is 2. The van der Waals surface area contributed by atoms with Crippen LogP contribution in [-0.2, 0) is 11.2 Å². The minimum atomic E-state index is -4.87. The van der Waals surface area contributed by atoms with E-state index in [2.05, 4.69) is 15.0 Å². The first-order chi connectivity index (χ1) is 16.6. The minimum absolute atomic E-state index is 0.0384. The number of esters is 1. The number of hydrogen-bond donors (Lipinski definition) is 1. The predicted octanol–water partition coefficient (Wildman–Crippen LogP) is 4.26. The number of urea groups is 1. The molecule has 4 rings (SSSR count). The van der Waals surface area contributed by atoms with Crippen LogP contribution in [0.25, 0.3) is 0 Å². The van der Waals surface area contributed by atoms with E-state index >= 15 is 0 Å². The van der Waals surface area contributed by atoms with Gasteiger partial charge in [0.15, 0.2) is 5.75 Å². The molecule has 1 aliphatic rings. The zero-order chi connectivity index (χ0) is 25.2. The Balaban J connectivity index is 1.53. The number of anilines is 1. The minimum Gasteiger partial charge on any atom is -0.421 e. The monoisotopic (exact) mass is 485 g/mol. The van der Waals surface area contributed by atoms with Gasteiger partial charge in [-0.3, -0.25) is 9.78 Å². The molecule has 11 heteroatoms. The first-order valence-electron chi connectivity index (χ1n) is 10.3. The fourth-order valence-electron chi connectivity index (χ4n) is 3.60. The summed E-state index contributed by atoms with van der Waals surface area (Å²) >= 11 is 0. The van der Waals surface area contributed by atoms with Gasteiger partial charge in [-0.15, -0.1) is 13.2 Å². The van der Waals surface area contributed by atoms with E-state index in [4.69, 9.17) is 4.74 Å². The summed E-state index contributed by atoms with van der Waals surface area (Å²) < 4.78 is 46.5. The summed E-state index contributed by atoms with van der Waals surface area (Å²) in [6.07, 6.45) is -2.12. The lowest BCUT2D eigenvalue weighted by Gasteiger charge is -2.23. The lowest BCUT2D eigenvalue weighted by Crippen LogP contribution is -2.46. The van der Waals surface area contributed by atoms with Gasteiger partial charge in [0.05, 0.1) is 17.4 Å². The van der Waals surface area contributed by atoms with Crippen molar-refractivity contribution in [1.29, 1.82) is 0 Å². The molecule has 35 heavy (non-hydrogen) atoms. The van der Waals surface area contributed by atoms with Crippen molar-refractivity contribution in [2.45, 2.75) is 25.2 Å². The standard InChI is InChI=1S/C24H18F3N3O5/c1-23(13-16-11-12-28-14-19(16)34-20(31)15-5-3-2-4-6-15)21(32)30(22(33)29-23)17-7-9-18(10-8-17)35-24(25,26)27/h2-12,14H,13H2,1H3,(H,29,33). The van der Waals surface area contributed by atoms with Gasteiger partial charge in [-0.1, -0.05) is 18.2 Å². The van der Waals surface area contributed by atoms with Gasteiger partial charge in [-0.2, -0.15) is 0 Å². The Bertz CT molecular complexity index is 1270. The molecule has 1 saturated heterocycles. The Morgan fingerprint density at radius 3 is 2.40 bits per heavy atom. The summed E-state index contributed by atoms with van der Waals surface area (Å²) in [6.45, 7) is 1.50. The normalized spacial score (nSPS) is 17.8. The maximum absolute atomic E-state index is 13.2. The molecule has 180 valence electrons. The molecule has 2 aromatic carbocycles. The highest BCUT2D eigenvalue weighted by molar-refractivity contribution is 6.23. The first kappa shape index (κ1) is 23.7. The topological polar surface area (TPSA) is 97.8 Å². The molecule has 0 radical (unpaired) electrons. The molecule has 1 aliphatic heterocycles. The summed E-state index contributed by atoms with van der Waals surface area (Å²) in [6, 6.07) is 13.5. The van der Waals surface area contributed by atoms with E-state index in [1.54, 1.807) is 36.4 Å². The van der Waals surface area contributed by atoms with Crippen molar-refractivity contribution < 1.29 is 37.0 Å².